The minimum atomic E-state index is -0.885. The van der Waals surface area contributed by atoms with Crippen LogP contribution in [-0.2, 0) is 0 Å². The van der Waals surface area contributed by atoms with Gasteiger partial charge in [0.1, 0.15) is 0 Å². The first-order chi connectivity index (χ1) is 5.75. The number of nitrogens with zero attached hydrogens (tertiary/aromatic N) is 1. The summed E-state index contributed by atoms with van der Waals surface area (Å²) in [6.45, 7) is 0.125. The predicted molar refractivity (Wildman–Crippen MR) is 45.8 cm³/mol. The fraction of sp³-hybridized carbons (Fsp3) is 0.875. The van der Waals surface area contributed by atoms with E-state index in [1.54, 1.807) is 0 Å². The Hall–Kier alpha value is -0.770. The molecule has 1 amide bonds. The molecule has 0 atom stereocenters. The SMILES string of the molecule is NCN(C(=O)O)C1CCCCC1. The zero-order valence-electron chi connectivity index (χ0n) is 7.20. The Bertz CT molecular complexity index is 155. The highest BCUT2D eigenvalue weighted by atomic mass is 16.4. The standard InChI is InChI=1S/C8H16N2O2/c9-6-10(8(11)12)7-4-2-1-3-5-7/h7H,1-6,9H2,(H,11,12). The Balaban J connectivity index is 2.46. The molecule has 1 aliphatic carbocycles. The molecular formula is C8H16N2O2. The maximum absolute atomic E-state index is 10.7. The minimum Gasteiger partial charge on any atom is -0.465 e. The molecule has 4 nitrogen and oxygen atoms in total. The van der Waals surface area contributed by atoms with E-state index in [9.17, 15) is 4.79 Å². The van der Waals surface area contributed by atoms with Crippen LogP contribution in [0.4, 0.5) is 4.79 Å². The maximum Gasteiger partial charge on any atom is 0.408 e. The highest BCUT2D eigenvalue weighted by Gasteiger charge is 2.23. The highest BCUT2D eigenvalue weighted by Crippen LogP contribution is 2.21. The second-order valence-electron chi connectivity index (χ2n) is 3.23. The van der Waals surface area contributed by atoms with Gasteiger partial charge in [-0.3, -0.25) is 4.90 Å². The van der Waals surface area contributed by atoms with E-state index in [0.717, 1.165) is 25.7 Å². The lowest BCUT2D eigenvalue weighted by Crippen LogP contribution is -2.43. The molecule has 0 aliphatic heterocycles. The summed E-state index contributed by atoms with van der Waals surface area (Å²) >= 11 is 0. The molecule has 0 spiro atoms. The van der Waals surface area contributed by atoms with E-state index in [1.807, 2.05) is 0 Å². The predicted octanol–water partition coefficient (Wildman–Crippen LogP) is 1.22. The third kappa shape index (κ3) is 2.11. The van der Waals surface area contributed by atoms with E-state index >= 15 is 0 Å². The van der Waals surface area contributed by atoms with Crippen molar-refractivity contribution >= 4 is 6.09 Å². The number of nitrogens with two attached hydrogens (primary N) is 1. The second kappa shape index (κ2) is 4.30. The van der Waals surface area contributed by atoms with Crippen molar-refractivity contribution in [3.63, 3.8) is 0 Å². The largest absolute Gasteiger partial charge is 0.465 e. The Morgan fingerprint density at radius 3 is 2.42 bits per heavy atom. The van der Waals surface area contributed by atoms with Crippen molar-refractivity contribution in [1.82, 2.24) is 4.90 Å². The van der Waals surface area contributed by atoms with Crippen LogP contribution < -0.4 is 5.73 Å². The number of amides is 1. The Morgan fingerprint density at radius 2 is 2.00 bits per heavy atom. The average Bonchev–Trinajstić information content (AvgIpc) is 2.07. The van der Waals surface area contributed by atoms with Crippen LogP contribution in [0.2, 0.25) is 0 Å². The molecule has 0 aromatic rings. The van der Waals surface area contributed by atoms with Crippen LogP contribution in [-0.4, -0.2) is 28.8 Å². The van der Waals surface area contributed by atoms with Gasteiger partial charge in [-0.25, -0.2) is 4.79 Å². The summed E-state index contributed by atoms with van der Waals surface area (Å²) < 4.78 is 0. The monoisotopic (exact) mass is 172 g/mol. The fourth-order valence-corrected chi connectivity index (χ4v) is 1.78. The van der Waals surface area contributed by atoms with Crippen LogP contribution >= 0.6 is 0 Å². The highest BCUT2D eigenvalue weighted by molar-refractivity contribution is 5.65. The number of rotatable bonds is 2. The van der Waals surface area contributed by atoms with Crippen molar-refractivity contribution in [2.45, 2.75) is 38.1 Å². The second-order valence-corrected chi connectivity index (χ2v) is 3.23. The third-order valence-electron chi connectivity index (χ3n) is 2.46. The van der Waals surface area contributed by atoms with Crippen molar-refractivity contribution in [2.24, 2.45) is 5.73 Å². The van der Waals surface area contributed by atoms with Crippen LogP contribution in [0.5, 0.6) is 0 Å². The summed E-state index contributed by atoms with van der Waals surface area (Å²) in [7, 11) is 0. The number of hydrogen-bond donors (Lipinski definition) is 2. The summed E-state index contributed by atoms with van der Waals surface area (Å²) in [5.74, 6) is 0. The number of carbonyl (C=O) groups is 1. The fourth-order valence-electron chi connectivity index (χ4n) is 1.78. The van der Waals surface area contributed by atoms with E-state index in [1.165, 1.54) is 11.3 Å². The van der Waals surface area contributed by atoms with Crippen molar-refractivity contribution in [3.05, 3.63) is 0 Å². The van der Waals surface area contributed by atoms with Gasteiger partial charge < -0.3 is 10.8 Å². The van der Waals surface area contributed by atoms with Gasteiger partial charge in [0.15, 0.2) is 0 Å². The summed E-state index contributed by atoms with van der Waals surface area (Å²) in [5.41, 5.74) is 5.35. The first-order valence-corrected chi connectivity index (χ1v) is 4.45. The molecular weight excluding hydrogens is 156 g/mol. The van der Waals surface area contributed by atoms with Gasteiger partial charge >= 0.3 is 6.09 Å². The van der Waals surface area contributed by atoms with Gasteiger partial charge in [0, 0.05) is 6.04 Å². The smallest absolute Gasteiger partial charge is 0.408 e. The van der Waals surface area contributed by atoms with E-state index in [-0.39, 0.29) is 12.7 Å². The molecule has 0 unspecified atom stereocenters. The Labute approximate surface area is 72.3 Å². The molecule has 1 saturated carbocycles. The van der Waals surface area contributed by atoms with Gasteiger partial charge in [-0.05, 0) is 12.8 Å². The van der Waals surface area contributed by atoms with Gasteiger partial charge in [0.05, 0.1) is 6.67 Å². The molecule has 1 rings (SSSR count). The van der Waals surface area contributed by atoms with E-state index < -0.39 is 6.09 Å². The Morgan fingerprint density at radius 1 is 1.42 bits per heavy atom. The lowest BCUT2D eigenvalue weighted by molar-refractivity contribution is 0.113. The Kier molecular flexibility index (Phi) is 3.34. The zero-order chi connectivity index (χ0) is 8.97. The van der Waals surface area contributed by atoms with E-state index in [4.69, 9.17) is 10.8 Å². The zero-order valence-corrected chi connectivity index (χ0v) is 7.20. The molecule has 0 radical (unpaired) electrons. The van der Waals surface area contributed by atoms with Gasteiger partial charge in [-0.15, -0.1) is 0 Å². The molecule has 0 aromatic carbocycles. The van der Waals surface area contributed by atoms with Gasteiger partial charge in [-0.2, -0.15) is 0 Å². The summed E-state index contributed by atoms with van der Waals surface area (Å²) in [5, 5.41) is 8.77. The molecule has 0 aromatic heterocycles. The molecule has 0 bridgehead atoms. The minimum absolute atomic E-state index is 0.125. The van der Waals surface area contributed by atoms with Crippen LogP contribution in [0.25, 0.3) is 0 Å². The van der Waals surface area contributed by atoms with E-state index in [0.29, 0.717) is 0 Å². The summed E-state index contributed by atoms with van der Waals surface area (Å²) in [6, 6.07) is 0.168. The first kappa shape index (κ1) is 9.32. The van der Waals surface area contributed by atoms with Crippen molar-refractivity contribution in [1.29, 1.82) is 0 Å². The molecule has 0 saturated heterocycles. The molecule has 1 aliphatic rings. The van der Waals surface area contributed by atoms with Crippen LogP contribution in [0.15, 0.2) is 0 Å². The van der Waals surface area contributed by atoms with Gasteiger partial charge in [0.25, 0.3) is 0 Å². The normalized spacial score (nSPS) is 19.1. The van der Waals surface area contributed by atoms with Gasteiger partial charge in [0.2, 0.25) is 0 Å². The van der Waals surface area contributed by atoms with Crippen molar-refractivity contribution in [3.8, 4) is 0 Å². The topological polar surface area (TPSA) is 66.6 Å². The van der Waals surface area contributed by atoms with Crippen molar-refractivity contribution < 1.29 is 9.90 Å². The van der Waals surface area contributed by atoms with Crippen LogP contribution in [0, 0.1) is 0 Å². The first-order valence-electron chi connectivity index (χ1n) is 4.45. The lowest BCUT2D eigenvalue weighted by Gasteiger charge is -2.30. The molecule has 70 valence electrons. The average molecular weight is 172 g/mol. The molecule has 0 heterocycles. The maximum atomic E-state index is 10.7. The lowest BCUT2D eigenvalue weighted by atomic mass is 9.95. The quantitative estimate of drug-likeness (QED) is 0.615. The third-order valence-corrected chi connectivity index (χ3v) is 2.46. The molecule has 4 heteroatoms. The molecule has 1 fully saturated rings. The molecule has 12 heavy (non-hydrogen) atoms. The number of hydrogen-bond acceptors (Lipinski definition) is 2. The van der Waals surface area contributed by atoms with E-state index in [2.05, 4.69) is 0 Å². The van der Waals surface area contributed by atoms with Crippen LogP contribution in [0.3, 0.4) is 0 Å². The molecule has 3 N–H and O–H groups in total. The summed E-state index contributed by atoms with van der Waals surface area (Å²) in [6.07, 6.45) is 4.56. The summed E-state index contributed by atoms with van der Waals surface area (Å²) in [4.78, 5) is 12.0. The van der Waals surface area contributed by atoms with Crippen LogP contribution in [0.1, 0.15) is 32.1 Å². The number of carboxylic acid groups (broad SMARTS) is 1. The van der Waals surface area contributed by atoms with Gasteiger partial charge in [-0.1, -0.05) is 19.3 Å². The van der Waals surface area contributed by atoms with Crippen molar-refractivity contribution in [2.75, 3.05) is 6.67 Å².